The number of benzene rings is 3. The van der Waals surface area contributed by atoms with Gasteiger partial charge in [0, 0.05) is 12.6 Å². The van der Waals surface area contributed by atoms with Crippen molar-refractivity contribution in [1.82, 2.24) is 9.73 Å². The van der Waals surface area contributed by atoms with Gasteiger partial charge in [0.05, 0.1) is 31.9 Å². The third kappa shape index (κ3) is 7.66. The minimum Gasteiger partial charge on any atom is -0.493 e. The molecule has 1 amide bonds. The molecule has 0 aliphatic rings. The number of hydrogen-bond acceptors (Lipinski definition) is 7. The summed E-state index contributed by atoms with van der Waals surface area (Å²) in [4.78, 5) is 12.7. The predicted molar refractivity (Wildman–Crippen MR) is 141 cm³/mol. The van der Waals surface area contributed by atoms with Crippen LogP contribution in [0.5, 0.6) is 17.2 Å². The second kappa shape index (κ2) is 13.2. The molecule has 0 saturated carbocycles. The molecule has 0 heterocycles. The zero-order valence-electron chi connectivity index (χ0n) is 20.7. The van der Waals surface area contributed by atoms with Gasteiger partial charge in [0.2, 0.25) is 10.0 Å². The first-order chi connectivity index (χ1) is 17.9. The van der Waals surface area contributed by atoms with Crippen LogP contribution in [0.1, 0.15) is 11.1 Å². The molecule has 0 bridgehead atoms. The third-order valence-electron chi connectivity index (χ3n) is 5.17. The summed E-state index contributed by atoms with van der Waals surface area (Å²) in [6, 6.07) is 20.4. The third-order valence-corrected chi connectivity index (χ3v) is 6.95. The van der Waals surface area contributed by atoms with E-state index in [9.17, 15) is 13.2 Å². The fraction of sp³-hybridized carbons (Fsp3) is 0.185. The number of ether oxygens (including phenoxy) is 3. The maximum absolute atomic E-state index is 13.5. The largest absolute Gasteiger partial charge is 0.493 e. The SMILES string of the molecule is C=CCOc1ccc(/C=N/NC(=O)CN(Cc2ccccc2)S(=O)(=O)c2ccc(OC)c(OC)c2)cc1. The summed E-state index contributed by atoms with van der Waals surface area (Å²) >= 11 is 0. The van der Waals surface area contributed by atoms with E-state index in [4.69, 9.17) is 14.2 Å². The number of nitrogens with one attached hydrogen (secondary N) is 1. The predicted octanol–water partition coefficient (Wildman–Crippen LogP) is 3.61. The van der Waals surface area contributed by atoms with Crippen molar-refractivity contribution in [3.05, 3.63) is 96.6 Å². The number of rotatable bonds is 13. The van der Waals surface area contributed by atoms with Gasteiger partial charge in [0.1, 0.15) is 12.4 Å². The number of hydrazone groups is 1. The highest BCUT2D eigenvalue weighted by Crippen LogP contribution is 2.31. The van der Waals surface area contributed by atoms with Crippen molar-refractivity contribution in [2.45, 2.75) is 11.4 Å². The Bertz CT molecular complexity index is 1330. The van der Waals surface area contributed by atoms with Crippen LogP contribution in [0.25, 0.3) is 0 Å². The van der Waals surface area contributed by atoms with Gasteiger partial charge in [-0.1, -0.05) is 43.0 Å². The number of methoxy groups -OCH3 is 2. The van der Waals surface area contributed by atoms with E-state index in [1.54, 1.807) is 54.6 Å². The van der Waals surface area contributed by atoms with Gasteiger partial charge in [-0.3, -0.25) is 4.79 Å². The highest BCUT2D eigenvalue weighted by Gasteiger charge is 2.28. The Hall–Kier alpha value is -4.15. The molecule has 0 aliphatic heterocycles. The molecule has 0 unspecified atom stereocenters. The fourth-order valence-corrected chi connectivity index (χ4v) is 4.72. The fourth-order valence-electron chi connectivity index (χ4n) is 3.32. The first-order valence-corrected chi connectivity index (χ1v) is 12.7. The zero-order chi connectivity index (χ0) is 26.7. The Morgan fingerprint density at radius 1 is 1.00 bits per heavy atom. The van der Waals surface area contributed by atoms with Crippen molar-refractivity contribution < 1.29 is 27.4 Å². The number of nitrogens with zero attached hydrogens (tertiary/aromatic N) is 2. The van der Waals surface area contributed by atoms with Crippen LogP contribution in [-0.2, 0) is 21.4 Å². The number of carbonyl (C=O) groups excluding carboxylic acids is 1. The molecule has 0 aliphatic carbocycles. The molecule has 3 aromatic rings. The van der Waals surface area contributed by atoms with E-state index in [1.807, 2.05) is 6.07 Å². The second-order valence-electron chi connectivity index (χ2n) is 7.74. The van der Waals surface area contributed by atoms with Crippen LogP contribution in [0.4, 0.5) is 0 Å². The summed E-state index contributed by atoms with van der Waals surface area (Å²) in [6.07, 6.45) is 3.11. The van der Waals surface area contributed by atoms with Crippen molar-refractivity contribution in [2.75, 3.05) is 27.4 Å². The molecular weight excluding hydrogens is 494 g/mol. The standard InChI is InChI=1S/C27H29N3O6S/c1-4-16-36-23-12-10-21(11-13-23)18-28-29-27(31)20-30(19-22-8-6-5-7-9-22)37(32,33)24-14-15-25(34-2)26(17-24)35-3/h4-15,17-18H,1,16,19-20H2,2-3H3,(H,29,31)/b28-18+. The molecule has 10 heteroatoms. The van der Waals surface area contributed by atoms with Crippen LogP contribution >= 0.6 is 0 Å². The van der Waals surface area contributed by atoms with E-state index < -0.39 is 22.5 Å². The molecule has 0 fully saturated rings. The van der Waals surface area contributed by atoms with Crippen molar-refractivity contribution in [1.29, 1.82) is 0 Å². The van der Waals surface area contributed by atoms with Gasteiger partial charge in [-0.05, 0) is 47.5 Å². The van der Waals surface area contributed by atoms with Crippen LogP contribution < -0.4 is 19.6 Å². The van der Waals surface area contributed by atoms with Gasteiger partial charge in [0.15, 0.2) is 11.5 Å². The number of sulfonamides is 1. The lowest BCUT2D eigenvalue weighted by Gasteiger charge is -2.22. The topological polar surface area (TPSA) is 107 Å². The Balaban J connectivity index is 1.76. The molecule has 9 nitrogen and oxygen atoms in total. The van der Waals surface area contributed by atoms with Gasteiger partial charge in [-0.2, -0.15) is 9.41 Å². The Kier molecular flexibility index (Phi) is 9.82. The van der Waals surface area contributed by atoms with Crippen LogP contribution in [-0.4, -0.2) is 52.2 Å². The summed E-state index contributed by atoms with van der Waals surface area (Å²) < 4.78 is 44.0. The lowest BCUT2D eigenvalue weighted by Crippen LogP contribution is -2.39. The van der Waals surface area contributed by atoms with Crippen LogP contribution in [0.3, 0.4) is 0 Å². The minimum absolute atomic E-state index is 0.0131. The van der Waals surface area contributed by atoms with Crippen LogP contribution in [0.15, 0.2) is 95.4 Å². The Morgan fingerprint density at radius 2 is 1.70 bits per heavy atom. The van der Waals surface area contributed by atoms with Crippen molar-refractivity contribution in [3.63, 3.8) is 0 Å². The summed E-state index contributed by atoms with van der Waals surface area (Å²) in [5.41, 5.74) is 3.85. The van der Waals surface area contributed by atoms with E-state index in [-0.39, 0.29) is 17.2 Å². The van der Waals surface area contributed by atoms with Crippen molar-refractivity contribution >= 4 is 22.1 Å². The van der Waals surface area contributed by atoms with Crippen LogP contribution in [0, 0.1) is 0 Å². The van der Waals surface area contributed by atoms with Gasteiger partial charge in [-0.25, -0.2) is 13.8 Å². The minimum atomic E-state index is -4.08. The van der Waals surface area contributed by atoms with E-state index in [0.29, 0.717) is 18.1 Å². The van der Waals surface area contributed by atoms with Gasteiger partial charge < -0.3 is 14.2 Å². The first kappa shape index (κ1) is 27.4. The van der Waals surface area contributed by atoms with E-state index in [2.05, 4.69) is 17.1 Å². The summed E-state index contributed by atoms with van der Waals surface area (Å²) in [5, 5.41) is 3.96. The smallest absolute Gasteiger partial charge is 0.255 e. The number of carbonyl (C=O) groups is 1. The van der Waals surface area contributed by atoms with Gasteiger partial charge in [-0.15, -0.1) is 0 Å². The average Bonchev–Trinajstić information content (AvgIpc) is 2.92. The summed E-state index contributed by atoms with van der Waals surface area (Å²) in [5.74, 6) is 0.738. The quantitative estimate of drug-likeness (QED) is 0.208. The Morgan fingerprint density at radius 3 is 2.35 bits per heavy atom. The lowest BCUT2D eigenvalue weighted by molar-refractivity contribution is -0.121. The number of amides is 1. The molecule has 194 valence electrons. The second-order valence-corrected chi connectivity index (χ2v) is 9.68. The Labute approximate surface area is 217 Å². The molecule has 0 radical (unpaired) electrons. The average molecular weight is 524 g/mol. The molecule has 0 aromatic heterocycles. The van der Waals surface area contributed by atoms with Crippen molar-refractivity contribution in [3.8, 4) is 17.2 Å². The van der Waals surface area contributed by atoms with Crippen LogP contribution in [0.2, 0.25) is 0 Å². The first-order valence-electron chi connectivity index (χ1n) is 11.3. The van der Waals surface area contributed by atoms with E-state index in [0.717, 1.165) is 15.4 Å². The molecule has 3 aromatic carbocycles. The molecule has 37 heavy (non-hydrogen) atoms. The van der Waals surface area contributed by atoms with Gasteiger partial charge >= 0.3 is 0 Å². The number of hydrogen-bond donors (Lipinski definition) is 1. The maximum atomic E-state index is 13.5. The summed E-state index contributed by atoms with van der Waals surface area (Å²) in [7, 11) is -1.20. The highest BCUT2D eigenvalue weighted by molar-refractivity contribution is 7.89. The van der Waals surface area contributed by atoms with Crippen molar-refractivity contribution in [2.24, 2.45) is 5.10 Å². The zero-order valence-corrected chi connectivity index (χ0v) is 21.5. The molecule has 1 N–H and O–H groups in total. The highest BCUT2D eigenvalue weighted by atomic mass is 32.2. The molecule has 0 spiro atoms. The lowest BCUT2D eigenvalue weighted by atomic mass is 10.2. The normalized spacial score (nSPS) is 11.3. The monoisotopic (exact) mass is 523 g/mol. The molecule has 0 saturated heterocycles. The molecular formula is C27H29N3O6S. The van der Waals surface area contributed by atoms with E-state index in [1.165, 1.54) is 38.6 Å². The molecule has 3 rings (SSSR count). The van der Waals surface area contributed by atoms with E-state index >= 15 is 0 Å². The molecule has 0 atom stereocenters. The summed E-state index contributed by atoms with van der Waals surface area (Å²) in [6.45, 7) is 3.54. The maximum Gasteiger partial charge on any atom is 0.255 e. The van der Waals surface area contributed by atoms with Gasteiger partial charge in [0.25, 0.3) is 5.91 Å².